The number of hydrogen-bond donors (Lipinski definition) is 3. The smallest absolute Gasteiger partial charge is 0.326 e. The number of nitrogens with one attached hydrogen (secondary N) is 1. The van der Waals surface area contributed by atoms with Crippen molar-refractivity contribution < 1.29 is 24.7 Å². The number of aliphatic carboxylic acids is 1. The van der Waals surface area contributed by atoms with Crippen LogP contribution in [0.4, 0.5) is 0 Å². The van der Waals surface area contributed by atoms with E-state index in [0.29, 0.717) is 25.8 Å². The molecule has 7 heteroatoms. The average Bonchev–Trinajstić information content (AvgIpc) is 3.08. The number of carboxylic acid groups (broad SMARTS) is 1. The molecule has 1 aliphatic rings. The Bertz CT molecular complexity index is 590. The lowest BCUT2D eigenvalue weighted by molar-refractivity contribution is -0.150. The van der Waals surface area contributed by atoms with Gasteiger partial charge in [0.15, 0.2) is 0 Å². The van der Waals surface area contributed by atoms with E-state index < -0.39 is 23.8 Å². The fourth-order valence-corrected chi connectivity index (χ4v) is 3.09. The maximum atomic E-state index is 12.8. The number of hydrogen-bond acceptors (Lipinski definition) is 4. The van der Waals surface area contributed by atoms with Crippen molar-refractivity contribution in [2.75, 3.05) is 6.54 Å². The highest BCUT2D eigenvalue weighted by atomic mass is 16.5. The van der Waals surface area contributed by atoms with Crippen LogP contribution in [-0.4, -0.2) is 45.6 Å². The van der Waals surface area contributed by atoms with Gasteiger partial charge in [0.25, 0.3) is 0 Å². The fourth-order valence-electron chi connectivity index (χ4n) is 3.09. The monoisotopic (exact) mass is 334 g/mol. The van der Waals surface area contributed by atoms with E-state index in [1.165, 1.54) is 4.90 Å². The van der Waals surface area contributed by atoms with Crippen molar-refractivity contribution in [3.8, 4) is 0 Å². The molecule has 3 N–H and O–H groups in total. The number of carboxylic acids is 1. The van der Waals surface area contributed by atoms with E-state index in [-0.39, 0.29) is 18.7 Å². The number of likely N-dealkylation sites (tertiary alicyclic amines) is 1. The Balaban J connectivity index is 2.12. The second-order valence-corrected chi connectivity index (χ2v) is 5.99. The van der Waals surface area contributed by atoms with Gasteiger partial charge < -0.3 is 10.0 Å². The van der Waals surface area contributed by atoms with Crippen LogP contribution in [0.1, 0.15) is 31.2 Å². The van der Waals surface area contributed by atoms with Gasteiger partial charge in [-0.25, -0.2) is 10.3 Å². The predicted molar refractivity (Wildman–Crippen MR) is 85.2 cm³/mol. The number of carbonyl (C=O) groups excluding carboxylic acids is 2. The number of rotatable bonds is 7. The lowest BCUT2D eigenvalue weighted by Gasteiger charge is -2.26. The third-order valence-electron chi connectivity index (χ3n) is 4.34. The first kappa shape index (κ1) is 17.9. The minimum Gasteiger partial charge on any atom is -0.480 e. The molecule has 1 aromatic carbocycles. The van der Waals surface area contributed by atoms with Crippen molar-refractivity contribution in [1.82, 2.24) is 10.4 Å². The largest absolute Gasteiger partial charge is 0.480 e. The molecule has 1 aromatic rings. The lowest BCUT2D eigenvalue weighted by Crippen LogP contribution is -2.44. The van der Waals surface area contributed by atoms with Crippen LogP contribution in [0, 0.1) is 5.92 Å². The summed E-state index contributed by atoms with van der Waals surface area (Å²) in [5, 5.41) is 17.9. The molecule has 2 atom stereocenters. The van der Waals surface area contributed by atoms with Crippen LogP contribution in [0.3, 0.4) is 0 Å². The van der Waals surface area contributed by atoms with E-state index in [1.54, 1.807) is 5.48 Å². The first-order valence-corrected chi connectivity index (χ1v) is 8.03. The summed E-state index contributed by atoms with van der Waals surface area (Å²) in [6.07, 6.45) is 1.81. The van der Waals surface area contributed by atoms with Crippen molar-refractivity contribution in [2.45, 2.75) is 38.1 Å². The summed E-state index contributed by atoms with van der Waals surface area (Å²) in [6, 6.07) is 8.61. The Morgan fingerprint density at radius 2 is 1.96 bits per heavy atom. The van der Waals surface area contributed by atoms with E-state index in [2.05, 4.69) is 0 Å². The van der Waals surface area contributed by atoms with Gasteiger partial charge in [0.2, 0.25) is 11.8 Å². The highest BCUT2D eigenvalue weighted by molar-refractivity contribution is 5.86. The molecule has 0 aromatic heterocycles. The Morgan fingerprint density at radius 1 is 1.25 bits per heavy atom. The fraction of sp³-hybridized carbons (Fsp3) is 0.471. The van der Waals surface area contributed by atoms with Crippen molar-refractivity contribution in [3.63, 3.8) is 0 Å². The zero-order valence-electron chi connectivity index (χ0n) is 13.4. The minimum atomic E-state index is -0.993. The first-order chi connectivity index (χ1) is 11.5. The molecule has 1 unspecified atom stereocenters. The highest BCUT2D eigenvalue weighted by Crippen LogP contribution is 2.24. The van der Waals surface area contributed by atoms with Gasteiger partial charge in [-0.2, -0.15) is 0 Å². The van der Waals surface area contributed by atoms with Gasteiger partial charge in [0.05, 0.1) is 0 Å². The van der Waals surface area contributed by atoms with Crippen LogP contribution >= 0.6 is 0 Å². The van der Waals surface area contributed by atoms with Gasteiger partial charge in [-0.1, -0.05) is 30.3 Å². The lowest BCUT2D eigenvalue weighted by atomic mass is 9.93. The van der Waals surface area contributed by atoms with Crippen LogP contribution in [0.15, 0.2) is 30.3 Å². The molecule has 130 valence electrons. The molecule has 0 radical (unpaired) electrons. The molecule has 7 nitrogen and oxygen atoms in total. The third-order valence-corrected chi connectivity index (χ3v) is 4.34. The zero-order valence-corrected chi connectivity index (χ0v) is 13.4. The Hall–Kier alpha value is -2.41. The van der Waals surface area contributed by atoms with Gasteiger partial charge in [-0.15, -0.1) is 0 Å². The van der Waals surface area contributed by atoms with Crippen molar-refractivity contribution in [1.29, 1.82) is 0 Å². The quantitative estimate of drug-likeness (QED) is 0.513. The maximum Gasteiger partial charge on any atom is 0.326 e. The molecule has 1 saturated heterocycles. The molecule has 0 aliphatic carbocycles. The predicted octanol–water partition coefficient (Wildman–Crippen LogP) is 1.21. The van der Waals surface area contributed by atoms with E-state index in [4.69, 9.17) is 5.21 Å². The Morgan fingerprint density at radius 3 is 2.58 bits per heavy atom. The van der Waals surface area contributed by atoms with Crippen LogP contribution in [0.5, 0.6) is 0 Å². The molecular formula is C17H22N2O5. The highest BCUT2D eigenvalue weighted by Gasteiger charge is 2.37. The van der Waals surface area contributed by atoms with Gasteiger partial charge in [0.1, 0.15) is 6.04 Å². The molecule has 1 fully saturated rings. The number of hydroxylamine groups is 1. The number of amides is 2. The van der Waals surface area contributed by atoms with E-state index in [1.807, 2.05) is 30.3 Å². The van der Waals surface area contributed by atoms with Crippen molar-refractivity contribution in [3.05, 3.63) is 35.9 Å². The van der Waals surface area contributed by atoms with Gasteiger partial charge >= 0.3 is 5.97 Å². The summed E-state index contributed by atoms with van der Waals surface area (Å²) in [7, 11) is 0. The van der Waals surface area contributed by atoms with Gasteiger partial charge in [-0.05, 0) is 31.2 Å². The van der Waals surface area contributed by atoms with Gasteiger partial charge in [0, 0.05) is 18.9 Å². The van der Waals surface area contributed by atoms with Crippen molar-refractivity contribution in [2.24, 2.45) is 5.92 Å². The summed E-state index contributed by atoms with van der Waals surface area (Å²) in [5.41, 5.74) is 2.51. The van der Waals surface area contributed by atoms with Crippen LogP contribution in [0.2, 0.25) is 0 Å². The topological polar surface area (TPSA) is 107 Å². The summed E-state index contributed by atoms with van der Waals surface area (Å²) in [4.78, 5) is 36.9. The second kappa shape index (κ2) is 8.44. The molecule has 0 spiro atoms. The zero-order chi connectivity index (χ0) is 17.5. The molecule has 2 rings (SSSR count). The molecule has 1 aliphatic heterocycles. The molecule has 2 amide bonds. The Kier molecular flexibility index (Phi) is 6.31. The Labute approximate surface area is 140 Å². The normalized spacial score (nSPS) is 18.2. The average molecular weight is 334 g/mol. The summed E-state index contributed by atoms with van der Waals surface area (Å²) in [5.74, 6) is -2.29. The second-order valence-electron chi connectivity index (χ2n) is 5.99. The molecular weight excluding hydrogens is 312 g/mol. The number of benzene rings is 1. The van der Waals surface area contributed by atoms with Crippen LogP contribution in [-0.2, 0) is 20.8 Å². The maximum absolute atomic E-state index is 12.8. The summed E-state index contributed by atoms with van der Waals surface area (Å²) < 4.78 is 0. The third kappa shape index (κ3) is 4.55. The van der Waals surface area contributed by atoms with E-state index in [9.17, 15) is 19.5 Å². The first-order valence-electron chi connectivity index (χ1n) is 8.03. The summed E-state index contributed by atoms with van der Waals surface area (Å²) in [6.45, 7) is 0.424. The number of nitrogens with zero attached hydrogens (tertiary/aromatic N) is 1. The molecule has 0 saturated carbocycles. The SMILES string of the molecule is O=C(CCC(Cc1ccccc1)C(=O)N1CCC[C@H]1C(=O)O)NO. The van der Waals surface area contributed by atoms with E-state index >= 15 is 0 Å². The molecule has 0 bridgehead atoms. The van der Waals surface area contributed by atoms with Crippen molar-refractivity contribution >= 4 is 17.8 Å². The standard InChI is InChI=1S/C17H22N2O5/c20-15(18-24)9-8-13(11-12-5-2-1-3-6-12)16(21)19-10-4-7-14(19)17(22)23/h1-3,5-6,13-14,24H,4,7-11H2,(H,18,20)(H,22,23)/t13?,14-/m0/s1. The molecule has 1 heterocycles. The van der Waals surface area contributed by atoms with Crippen LogP contribution < -0.4 is 5.48 Å². The minimum absolute atomic E-state index is 0.00528. The number of carbonyl (C=O) groups is 3. The molecule has 24 heavy (non-hydrogen) atoms. The van der Waals surface area contributed by atoms with E-state index in [0.717, 1.165) is 5.56 Å². The summed E-state index contributed by atoms with van der Waals surface area (Å²) >= 11 is 0. The van der Waals surface area contributed by atoms with Gasteiger partial charge in [-0.3, -0.25) is 14.8 Å². The van der Waals surface area contributed by atoms with Crippen LogP contribution in [0.25, 0.3) is 0 Å².